The maximum absolute atomic E-state index is 12.4. The van der Waals surface area contributed by atoms with Crippen molar-refractivity contribution in [3.8, 4) is 0 Å². The van der Waals surface area contributed by atoms with Crippen LogP contribution in [0.1, 0.15) is 0 Å². The molecular weight excluding hydrogens is 436 g/mol. The van der Waals surface area contributed by atoms with E-state index in [-0.39, 0.29) is 11.7 Å². The number of aromatic nitrogens is 3. The highest BCUT2D eigenvalue weighted by molar-refractivity contribution is 7.99. The van der Waals surface area contributed by atoms with Gasteiger partial charge < -0.3 is 20.3 Å². The van der Waals surface area contributed by atoms with Gasteiger partial charge in [0, 0.05) is 29.5 Å². The SMILES string of the molecule is O=C(CSc1nc(Nc2ccccc2)nc(N2CCOCC2)n1)Nc1cccc(Cl)c1. The molecule has 0 unspecified atom stereocenters. The van der Waals surface area contributed by atoms with Crippen LogP contribution < -0.4 is 15.5 Å². The Kier molecular flexibility index (Phi) is 7.18. The molecule has 2 aromatic carbocycles. The highest BCUT2D eigenvalue weighted by atomic mass is 35.5. The maximum atomic E-state index is 12.4. The van der Waals surface area contributed by atoms with Gasteiger partial charge in [-0.2, -0.15) is 15.0 Å². The number of anilines is 4. The topological polar surface area (TPSA) is 92.3 Å². The average molecular weight is 457 g/mol. The number of hydrogen-bond donors (Lipinski definition) is 2. The Hall–Kier alpha value is -2.88. The van der Waals surface area contributed by atoms with Crippen molar-refractivity contribution < 1.29 is 9.53 Å². The van der Waals surface area contributed by atoms with Crippen LogP contribution in [0.4, 0.5) is 23.3 Å². The molecule has 1 fully saturated rings. The van der Waals surface area contributed by atoms with Crippen LogP contribution in [0.2, 0.25) is 5.02 Å². The predicted molar refractivity (Wildman–Crippen MR) is 123 cm³/mol. The van der Waals surface area contributed by atoms with E-state index in [1.54, 1.807) is 24.3 Å². The van der Waals surface area contributed by atoms with E-state index in [1.165, 1.54) is 11.8 Å². The van der Waals surface area contributed by atoms with Crippen LogP contribution in [-0.2, 0) is 9.53 Å². The molecule has 10 heteroatoms. The Bertz CT molecular complexity index is 1030. The summed E-state index contributed by atoms with van der Waals surface area (Å²) >= 11 is 7.22. The molecule has 160 valence electrons. The molecule has 1 saturated heterocycles. The van der Waals surface area contributed by atoms with Crippen molar-refractivity contribution in [2.45, 2.75) is 5.16 Å². The number of hydrogen-bond acceptors (Lipinski definition) is 8. The third kappa shape index (κ3) is 6.30. The van der Waals surface area contributed by atoms with Crippen LogP contribution in [0, 0.1) is 0 Å². The van der Waals surface area contributed by atoms with E-state index in [2.05, 4.69) is 30.5 Å². The van der Waals surface area contributed by atoms with E-state index in [0.29, 0.717) is 54.1 Å². The van der Waals surface area contributed by atoms with Gasteiger partial charge >= 0.3 is 0 Å². The van der Waals surface area contributed by atoms with Crippen molar-refractivity contribution in [1.29, 1.82) is 0 Å². The second kappa shape index (κ2) is 10.4. The monoisotopic (exact) mass is 456 g/mol. The Morgan fingerprint density at radius 1 is 1.03 bits per heavy atom. The summed E-state index contributed by atoms with van der Waals surface area (Å²) < 4.78 is 5.43. The second-order valence-corrected chi connectivity index (χ2v) is 8.06. The van der Waals surface area contributed by atoms with Crippen molar-refractivity contribution in [3.05, 3.63) is 59.6 Å². The van der Waals surface area contributed by atoms with Crippen LogP contribution in [0.15, 0.2) is 59.8 Å². The second-order valence-electron chi connectivity index (χ2n) is 6.68. The molecule has 0 spiro atoms. The van der Waals surface area contributed by atoms with Crippen molar-refractivity contribution in [3.63, 3.8) is 0 Å². The Labute approximate surface area is 189 Å². The molecule has 0 atom stereocenters. The van der Waals surface area contributed by atoms with Crippen molar-refractivity contribution in [2.75, 3.05) is 47.6 Å². The van der Waals surface area contributed by atoms with Crippen molar-refractivity contribution >= 4 is 52.5 Å². The first-order valence-corrected chi connectivity index (χ1v) is 11.1. The predicted octanol–water partition coefficient (Wildman–Crippen LogP) is 3.84. The Balaban J connectivity index is 1.48. The van der Waals surface area contributed by atoms with Gasteiger partial charge in [0.05, 0.1) is 19.0 Å². The summed E-state index contributed by atoms with van der Waals surface area (Å²) in [5.74, 6) is 0.984. The van der Waals surface area contributed by atoms with Crippen molar-refractivity contribution in [2.24, 2.45) is 0 Å². The molecule has 0 aliphatic carbocycles. The van der Waals surface area contributed by atoms with Gasteiger partial charge in [-0.1, -0.05) is 47.6 Å². The van der Waals surface area contributed by atoms with Gasteiger partial charge in [0.15, 0.2) is 5.16 Å². The van der Waals surface area contributed by atoms with Gasteiger partial charge in [-0.05, 0) is 30.3 Å². The van der Waals surface area contributed by atoms with Gasteiger partial charge in [-0.25, -0.2) is 0 Å². The lowest BCUT2D eigenvalue weighted by Gasteiger charge is -2.27. The van der Waals surface area contributed by atoms with Gasteiger partial charge in [0.1, 0.15) is 0 Å². The first-order chi connectivity index (χ1) is 15.2. The lowest BCUT2D eigenvalue weighted by atomic mass is 10.3. The van der Waals surface area contributed by atoms with E-state index in [0.717, 1.165) is 5.69 Å². The molecule has 8 nitrogen and oxygen atoms in total. The fourth-order valence-corrected chi connectivity index (χ4v) is 3.73. The molecule has 0 saturated carbocycles. The number of morpholine rings is 1. The summed E-state index contributed by atoms with van der Waals surface area (Å²) in [7, 11) is 0. The minimum Gasteiger partial charge on any atom is -0.378 e. The molecule has 3 aromatic rings. The zero-order valence-electron chi connectivity index (χ0n) is 16.6. The molecule has 1 aliphatic rings. The van der Waals surface area contributed by atoms with Crippen LogP contribution in [-0.4, -0.2) is 52.9 Å². The lowest BCUT2D eigenvalue weighted by molar-refractivity contribution is -0.113. The zero-order chi connectivity index (χ0) is 21.5. The molecule has 0 bridgehead atoms. The van der Waals surface area contributed by atoms with Crippen LogP contribution >= 0.6 is 23.4 Å². The van der Waals surface area contributed by atoms with E-state index < -0.39 is 0 Å². The smallest absolute Gasteiger partial charge is 0.234 e. The molecule has 0 radical (unpaired) electrons. The van der Waals surface area contributed by atoms with Crippen LogP contribution in [0.3, 0.4) is 0 Å². The summed E-state index contributed by atoms with van der Waals surface area (Å²) in [6, 6.07) is 16.7. The summed E-state index contributed by atoms with van der Waals surface area (Å²) in [6.45, 7) is 2.65. The van der Waals surface area contributed by atoms with E-state index in [1.807, 2.05) is 30.3 Å². The first kappa shape index (κ1) is 21.4. The van der Waals surface area contributed by atoms with Gasteiger partial charge in [0.25, 0.3) is 0 Å². The molecule has 1 aliphatic heterocycles. The minimum atomic E-state index is -0.168. The number of carbonyl (C=O) groups excluding carboxylic acids is 1. The number of ether oxygens (including phenoxy) is 1. The number of carbonyl (C=O) groups is 1. The molecule has 31 heavy (non-hydrogen) atoms. The summed E-state index contributed by atoms with van der Waals surface area (Å²) in [5.41, 5.74) is 1.52. The molecule has 2 heterocycles. The van der Waals surface area contributed by atoms with E-state index in [4.69, 9.17) is 16.3 Å². The normalized spacial score (nSPS) is 13.6. The largest absolute Gasteiger partial charge is 0.378 e. The van der Waals surface area contributed by atoms with Crippen molar-refractivity contribution in [1.82, 2.24) is 15.0 Å². The lowest BCUT2D eigenvalue weighted by Crippen LogP contribution is -2.37. The standard InChI is InChI=1S/C21H21ClN6O2S/c22-15-5-4-8-17(13-15)23-18(29)14-31-21-26-19(24-16-6-2-1-3-7-16)25-20(27-21)28-9-11-30-12-10-28/h1-8,13H,9-12,14H2,(H,23,29)(H,24,25,26,27). The number of amides is 1. The number of halogens is 1. The minimum absolute atomic E-state index is 0.157. The van der Waals surface area contributed by atoms with Gasteiger partial charge in [-0.3, -0.25) is 4.79 Å². The summed E-state index contributed by atoms with van der Waals surface area (Å²) in [4.78, 5) is 28.0. The zero-order valence-corrected chi connectivity index (χ0v) is 18.2. The number of rotatable bonds is 7. The molecule has 1 amide bonds. The first-order valence-electron chi connectivity index (χ1n) is 9.75. The third-order valence-electron chi connectivity index (χ3n) is 4.37. The highest BCUT2D eigenvalue weighted by Gasteiger charge is 2.17. The van der Waals surface area contributed by atoms with E-state index >= 15 is 0 Å². The molecule has 2 N–H and O–H groups in total. The molecule has 1 aromatic heterocycles. The third-order valence-corrected chi connectivity index (χ3v) is 5.45. The van der Waals surface area contributed by atoms with Crippen LogP contribution in [0.5, 0.6) is 0 Å². The summed E-state index contributed by atoms with van der Waals surface area (Å²) in [5, 5.41) is 7.07. The Morgan fingerprint density at radius 2 is 1.81 bits per heavy atom. The average Bonchev–Trinajstić information content (AvgIpc) is 2.79. The molecule has 4 rings (SSSR count). The number of benzene rings is 2. The maximum Gasteiger partial charge on any atom is 0.234 e. The molecular formula is C21H21ClN6O2S. The van der Waals surface area contributed by atoms with Crippen LogP contribution in [0.25, 0.3) is 0 Å². The summed E-state index contributed by atoms with van der Waals surface area (Å²) in [6.07, 6.45) is 0. The Morgan fingerprint density at radius 3 is 2.58 bits per heavy atom. The fourth-order valence-electron chi connectivity index (χ4n) is 2.92. The quantitative estimate of drug-likeness (QED) is 0.518. The van der Waals surface area contributed by atoms with E-state index in [9.17, 15) is 4.79 Å². The number of thioether (sulfide) groups is 1. The fraction of sp³-hybridized carbons (Fsp3) is 0.238. The number of nitrogens with zero attached hydrogens (tertiary/aromatic N) is 4. The van der Waals surface area contributed by atoms with Gasteiger partial charge in [-0.15, -0.1) is 0 Å². The number of nitrogens with one attached hydrogen (secondary N) is 2. The number of para-hydroxylation sites is 1. The highest BCUT2D eigenvalue weighted by Crippen LogP contribution is 2.22. The van der Waals surface area contributed by atoms with Gasteiger partial charge in [0.2, 0.25) is 17.8 Å².